The Morgan fingerprint density at radius 1 is 0.854 bits per heavy atom. The number of aliphatic carboxylic acids is 1. The van der Waals surface area contributed by atoms with Crippen LogP contribution in [0.15, 0.2) is 65.6 Å². The molecule has 2 aliphatic heterocycles. The number of carboxylic acids is 1. The molecule has 48 heavy (non-hydrogen) atoms. The van der Waals surface area contributed by atoms with Crippen LogP contribution in [0.4, 0.5) is 13.2 Å². The average Bonchev–Trinajstić information content (AvgIpc) is 3.72. The van der Waals surface area contributed by atoms with Crippen LogP contribution >= 0.6 is 11.6 Å². The van der Waals surface area contributed by atoms with Gasteiger partial charge in [-0.25, -0.2) is 13.2 Å². The molecule has 0 unspecified atom stereocenters. The van der Waals surface area contributed by atoms with Gasteiger partial charge in [0.1, 0.15) is 23.6 Å². The second-order valence-corrected chi connectivity index (χ2v) is 14.5. The number of benzene rings is 3. The second kappa shape index (κ2) is 14.9. The molecule has 0 aromatic heterocycles. The average molecular weight is 712 g/mol. The number of hydrogen-bond acceptors (Lipinski definition) is 7. The molecule has 6 rings (SSSR count). The third-order valence-electron chi connectivity index (χ3n) is 8.71. The molecule has 3 fully saturated rings. The topological polar surface area (TPSA) is 139 Å². The normalized spacial score (nSPS) is 21.1. The van der Waals surface area contributed by atoms with Gasteiger partial charge in [0.2, 0.25) is 15.9 Å². The van der Waals surface area contributed by atoms with Gasteiger partial charge in [-0.3, -0.25) is 4.79 Å². The monoisotopic (exact) mass is 711 g/mol. The van der Waals surface area contributed by atoms with E-state index >= 15 is 0 Å². The minimum Gasteiger partial charge on any atom is -0.490 e. The predicted octanol–water partition coefficient (Wildman–Crippen LogP) is 5.61. The zero-order chi connectivity index (χ0) is 34.6. The van der Waals surface area contributed by atoms with Crippen LogP contribution in [0.1, 0.15) is 44.9 Å². The number of halogens is 4. The van der Waals surface area contributed by atoms with Crippen LogP contribution in [0.2, 0.25) is 5.02 Å². The van der Waals surface area contributed by atoms with Gasteiger partial charge in [-0.15, -0.1) is 0 Å². The molecule has 3 N–H and O–H groups in total. The van der Waals surface area contributed by atoms with Crippen LogP contribution < -0.4 is 15.2 Å². The lowest BCUT2D eigenvalue weighted by atomic mass is 10.0. The highest BCUT2D eigenvalue weighted by molar-refractivity contribution is 7.89. The van der Waals surface area contributed by atoms with Crippen LogP contribution in [0.3, 0.4) is 0 Å². The number of nitrogens with zero attached hydrogens (tertiary/aromatic N) is 2. The summed E-state index contributed by atoms with van der Waals surface area (Å²) in [5.74, 6) is -1.58. The number of sulfonamides is 1. The van der Waals surface area contributed by atoms with Crippen molar-refractivity contribution in [3.05, 3.63) is 65.7 Å². The summed E-state index contributed by atoms with van der Waals surface area (Å²) in [7, 11) is -4.01. The molecule has 1 saturated carbocycles. The fourth-order valence-corrected chi connectivity index (χ4v) is 7.94. The van der Waals surface area contributed by atoms with Gasteiger partial charge in [-0.05, 0) is 97.8 Å². The van der Waals surface area contributed by atoms with E-state index in [2.05, 4.69) is 0 Å². The predicted molar refractivity (Wildman–Crippen MR) is 172 cm³/mol. The SMILES string of the molecule is NC1CCN(C(=O)[C@@H]2C[C@H](Oc3ccc(Cl)cc3)CN2S(=O)(=O)c2ccc3cc(OC4CCCC4)ccc3c2)CC1.O=C(O)C(F)(F)F. The molecule has 1 amide bonds. The number of amides is 1. The highest BCUT2D eigenvalue weighted by Crippen LogP contribution is 2.33. The quantitative estimate of drug-likeness (QED) is 0.323. The number of carboxylic acid groups (broad SMARTS) is 1. The number of alkyl halides is 3. The third-order valence-corrected chi connectivity index (χ3v) is 10.8. The number of carbonyl (C=O) groups excluding carboxylic acids is 1. The molecule has 1 aliphatic carbocycles. The van der Waals surface area contributed by atoms with Crippen molar-refractivity contribution in [2.24, 2.45) is 5.73 Å². The third kappa shape index (κ3) is 8.70. The van der Waals surface area contributed by atoms with E-state index in [4.69, 9.17) is 36.7 Å². The maximum absolute atomic E-state index is 14.1. The Morgan fingerprint density at radius 3 is 2.04 bits per heavy atom. The summed E-state index contributed by atoms with van der Waals surface area (Å²) in [6.07, 6.45) is 0.861. The minimum absolute atomic E-state index is 0.0603. The van der Waals surface area contributed by atoms with E-state index in [1.807, 2.05) is 24.3 Å². The Balaban J connectivity index is 0.000000582. The summed E-state index contributed by atoms with van der Waals surface area (Å²) in [4.78, 5) is 24.5. The van der Waals surface area contributed by atoms with Crippen molar-refractivity contribution in [2.45, 2.75) is 80.3 Å². The van der Waals surface area contributed by atoms with Crippen LogP contribution in [-0.4, -0.2) is 84.7 Å². The number of carbonyl (C=O) groups is 2. The van der Waals surface area contributed by atoms with Gasteiger partial charge < -0.3 is 25.2 Å². The standard InChI is InChI=1S/C31H36ClN3O5S.C2HF3O2/c32-23-7-10-26(11-8-23)40-28-19-30(31(36)34-15-13-24(33)14-16-34)35(20-28)41(37,38)29-12-6-21-17-27(9-5-22(21)18-29)39-25-3-1-2-4-25;3-2(4,5)1(6)7/h5-12,17-18,24-25,28,30H,1-4,13-16,19-20,33H2;(H,6,7)/t28-,30-;/m0./s1. The lowest BCUT2D eigenvalue weighted by Crippen LogP contribution is -2.51. The Kier molecular flexibility index (Phi) is 11.1. The van der Waals surface area contributed by atoms with Gasteiger partial charge >= 0.3 is 12.1 Å². The smallest absolute Gasteiger partial charge is 0.490 e. The maximum Gasteiger partial charge on any atom is 0.490 e. The number of rotatable bonds is 7. The molecule has 3 aromatic carbocycles. The van der Waals surface area contributed by atoms with Crippen LogP contribution in [-0.2, 0) is 19.6 Å². The summed E-state index contributed by atoms with van der Waals surface area (Å²) < 4.78 is 73.6. The molecular weight excluding hydrogens is 675 g/mol. The van der Waals surface area contributed by atoms with Crippen molar-refractivity contribution in [3.8, 4) is 11.5 Å². The molecule has 15 heteroatoms. The van der Waals surface area contributed by atoms with Crippen molar-refractivity contribution in [2.75, 3.05) is 19.6 Å². The molecule has 10 nitrogen and oxygen atoms in total. The van der Waals surface area contributed by atoms with Crippen molar-refractivity contribution < 1.29 is 45.8 Å². The first-order chi connectivity index (χ1) is 22.7. The summed E-state index contributed by atoms with van der Waals surface area (Å²) in [6, 6.07) is 17.0. The van der Waals surface area contributed by atoms with Gasteiger partial charge in [0, 0.05) is 30.6 Å². The van der Waals surface area contributed by atoms with Crippen molar-refractivity contribution in [3.63, 3.8) is 0 Å². The highest BCUT2D eigenvalue weighted by Gasteiger charge is 2.46. The van der Waals surface area contributed by atoms with Gasteiger partial charge in [0.05, 0.1) is 17.5 Å². The van der Waals surface area contributed by atoms with E-state index in [0.717, 1.165) is 29.4 Å². The number of hydrogen-bond donors (Lipinski definition) is 2. The van der Waals surface area contributed by atoms with E-state index in [1.165, 1.54) is 17.1 Å². The summed E-state index contributed by atoms with van der Waals surface area (Å²) in [6.45, 7) is 1.11. The Hall–Kier alpha value is -3.59. The molecule has 0 bridgehead atoms. The van der Waals surface area contributed by atoms with Crippen LogP contribution in [0, 0.1) is 0 Å². The molecule has 2 heterocycles. The fourth-order valence-electron chi connectivity index (χ4n) is 6.15. The number of ether oxygens (including phenoxy) is 2. The fraction of sp³-hybridized carbons (Fsp3) is 0.455. The van der Waals surface area contributed by atoms with E-state index in [0.29, 0.717) is 36.7 Å². The van der Waals surface area contributed by atoms with E-state index in [9.17, 15) is 26.4 Å². The van der Waals surface area contributed by atoms with Crippen LogP contribution in [0.5, 0.6) is 11.5 Å². The van der Waals surface area contributed by atoms with Crippen molar-refractivity contribution >= 4 is 44.3 Å². The number of nitrogens with two attached hydrogens (primary N) is 1. The number of piperidine rings is 1. The molecule has 260 valence electrons. The molecule has 3 aromatic rings. The van der Waals surface area contributed by atoms with Crippen molar-refractivity contribution in [1.29, 1.82) is 0 Å². The Morgan fingerprint density at radius 2 is 1.42 bits per heavy atom. The first kappa shape index (κ1) is 35.7. The lowest BCUT2D eigenvalue weighted by Gasteiger charge is -2.34. The maximum atomic E-state index is 14.1. The first-order valence-corrected chi connectivity index (χ1v) is 17.5. The van der Waals surface area contributed by atoms with Gasteiger partial charge in [-0.1, -0.05) is 23.7 Å². The zero-order valence-corrected chi connectivity index (χ0v) is 27.5. The number of likely N-dealkylation sites (tertiary alicyclic amines) is 1. The number of fused-ring (bicyclic) bond motifs is 1. The lowest BCUT2D eigenvalue weighted by molar-refractivity contribution is -0.192. The second-order valence-electron chi connectivity index (χ2n) is 12.2. The van der Waals surface area contributed by atoms with E-state index in [-0.39, 0.29) is 35.9 Å². The van der Waals surface area contributed by atoms with Crippen LogP contribution in [0.25, 0.3) is 10.8 Å². The summed E-state index contributed by atoms with van der Waals surface area (Å²) in [5, 5.41) is 9.41. The van der Waals surface area contributed by atoms with Gasteiger partial charge in [-0.2, -0.15) is 17.5 Å². The Bertz CT molecular complexity index is 1710. The highest BCUT2D eigenvalue weighted by atomic mass is 35.5. The zero-order valence-electron chi connectivity index (χ0n) is 25.9. The molecule has 2 atom stereocenters. The minimum atomic E-state index is -5.08. The molecule has 3 aliphatic rings. The summed E-state index contributed by atoms with van der Waals surface area (Å²) in [5.41, 5.74) is 6.06. The van der Waals surface area contributed by atoms with Crippen molar-refractivity contribution in [1.82, 2.24) is 9.21 Å². The van der Waals surface area contributed by atoms with Gasteiger partial charge in [0.25, 0.3) is 0 Å². The molecule has 0 radical (unpaired) electrons. The molecule has 0 spiro atoms. The van der Waals surface area contributed by atoms with E-state index in [1.54, 1.807) is 41.3 Å². The first-order valence-electron chi connectivity index (χ1n) is 15.7. The largest absolute Gasteiger partial charge is 0.490 e. The summed E-state index contributed by atoms with van der Waals surface area (Å²) >= 11 is 6.02. The Labute approximate surface area is 281 Å². The van der Waals surface area contributed by atoms with E-state index < -0.39 is 34.3 Å². The van der Waals surface area contributed by atoms with Gasteiger partial charge in [0.15, 0.2) is 0 Å². The molecule has 2 saturated heterocycles. The molecular formula is C33H37ClF3N3O7S.